The number of benzene rings is 1. The molecule has 0 spiro atoms. The quantitative estimate of drug-likeness (QED) is 0.754. The second kappa shape index (κ2) is 6.44. The lowest BCUT2D eigenvalue weighted by molar-refractivity contribution is -0.0854. The zero-order valence-corrected chi connectivity index (χ0v) is 14.2. The Bertz CT molecular complexity index is 417. The second-order valence-electron chi connectivity index (χ2n) is 5.35. The minimum Gasteiger partial charge on any atom is -0.490 e. The number of nitrogens with one attached hydrogen (secondary N) is 1. The molecule has 2 unspecified atom stereocenters. The molecular weight excluding hydrogens is 349 g/mol. The molecule has 2 nitrogen and oxygen atoms in total. The summed E-state index contributed by atoms with van der Waals surface area (Å²) >= 11 is 2.33. The highest BCUT2D eigenvalue weighted by Gasteiger charge is 2.53. The smallest absolute Gasteiger partial charge is 0.120 e. The van der Waals surface area contributed by atoms with E-state index in [-0.39, 0.29) is 0 Å². The van der Waals surface area contributed by atoms with E-state index in [0.29, 0.717) is 17.6 Å². The first-order valence-corrected chi connectivity index (χ1v) is 8.39. The minimum atomic E-state index is 0.303. The topological polar surface area (TPSA) is 21.3 Å². The van der Waals surface area contributed by atoms with Crippen LogP contribution in [0.5, 0.6) is 5.75 Å². The van der Waals surface area contributed by atoms with Gasteiger partial charge in [0.25, 0.3) is 0 Å². The normalized spacial score (nSPS) is 24.8. The van der Waals surface area contributed by atoms with Gasteiger partial charge in [0.2, 0.25) is 0 Å². The lowest BCUT2D eigenvalue weighted by Crippen LogP contribution is -2.64. The molecule has 1 aromatic rings. The summed E-state index contributed by atoms with van der Waals surface area (Å²) in [7, 11) is 0. The number of ether oxygens (including phenoxy) is 1. The van der Waals surface area contributed by atoms with Crippen molar-refractivity contribution in [3.05, 3.63) is 27.8 Å². The Morgan fingerprint density at radius 2 is 2.05 bits per heavy atom. The van der Waals surface area contributed by atoms with Gasteiger partial charge in [0.1, 0.15) is 11.9 Å². The Balaban J connectivity index is 2.08. The maximum atomic E-state index is 6.26. The van der Waals surface area contributed by atoms with Crippen molar-refractivity contribution in [2.24, 2.45) is 5.41 Å². The molecule has 0 aliphatic heterocycles. The van der Waals surface area contributed by atoms with Gasteiger partial charge in [0.15, 0.2) is 0 Å². The molecule has 0 heterocycles. The molecule has 106 valence electrons. The van der Waals surface area contributed by atoms with Crippen molar-refractivity contribution in [2.75, 3.05) is 6.54 Å². The van der Waals surface area contributed by atoms with Crippen molar-refractivity contribution in [3.8, 4) is 5.75 Å². The number of halogens is 1. The van der Waals surface area contributed by atoms with Crippen LogP contribution >= 0.6 is 22.6 Å². The van der Waals surface area contributed by atoms with Crippen LogP contribution in [-0.4, -0.2) is 18.7 Å². The third-order valence-electron chi connectivity index (χ3n) is 4.63. The molecule has 1 N–H and O–H groups in total. The molecule has 1 aromatic carbocycles. The van der Waals surface area contributed by atoms with E-state index >= 15 is 0 Å². The van der Waals surface area contributed by atoms with Crippen molar-refractivity contribution in [2.45, 2.75) is 52.2 Å². The molecule has 1 fully saturated rings. The Kier molecular flexibility index (Phi) is 5.12. The van der Waals surface area contributed by atoms with Crippen LogP contribution in [0.4, 0.5) is 0 Å². The van der Waals surface area contributed by atoms with E-state index in [1.54, 1.807) is 0 Å². The SMILES string of the molecule is CCNC1CC(Oc2cccc(I)c2)C1(CC)CC. The molecule has 19 heavy (non-hydrogen) atoms. The van der Waals surface area contributed by atoms with Crippen LogP contribution in [0, 0.1) is 8.99 Å². The Morgan fingerprint density at radius 3 is 2.63 bits per heavy atom. The maximum absolute atomic E-state index is 6.26. The summed E-state index contributed by atoms with van der Waals surface area (Å²) in [5.41, 5.74) is 0.303. The lowest BCUT2D eigenvalue weighted by atomic mass is 9.58. The van der Waals surface area contributed by atoms with E-state index < -0.39 is 0 Å². The van der Waals surface area contributed by atoms with Gasteiger partial charge in [0.05, 0.1) is 0 Å². The predicted octanol–water partition coefficient (Wildman–Crippen LogP) is 4.23. The Hall–Kier alpha value is -0.290. The van der Waals surface area contributed by atoms with Gasteiger partial charge in [-0.15, -0.1) is 0 Å². The molecule has 3 heteroatoms. The molecule has 0 radical (unpaired) electrons. The summed E-state index contributed by atoms with van der Waals surface area (Å²) in [6, 6.07) is 8.97. The van der Waals surface area contributed by atoms with Gasteiger partial charge in [-0.2, -0.15) is 0 Å². The number of hydrogen-bond donors (Lipinski definition) is 1. The average molecular weight is 373 g/mol. The van der Waals surface area contributed by atoms with Crippen LogP contribution < -0.4 is 10.1 Å². The van der Waals surface area contributed by atoms with E-state index in [1.807, 2.05) is 0 Å². The van der Waals surface area contributed by atoms with E-state index in [9.17, 15) is 0 Å². The summed E-state index contributed by atoms with van der Waals surface area (Å²) < 4.78 is 7.49. The monoisotopic (exact) mass is 373 g/mol. The molecule has 1 aliphatic carbocycles. The molecule has 1 aliphatic rings. The highest BCUT2D eigenvalue weighted by molar-refractivity contribution is 14.1. The summed E-state index contributed by atoms with van der Waals surface area (Å²) in [5, 5.41) is 3.62. The van der Waals surface area contributed by atoms with E-state index in [2.05, 4.69) is 72.9 Å². The van der Waals surface area contributed by atoms with Crippen LogP contribution in [0.3, 0.4) is 0 Å². The zero-order chi connectivity index (χ0) is 13.9. The molecule has 0 bridgehead atoms. The number of hydrogen-bond acceptors (Lipinski definition) is 2. The van der Waals surface area contributed by atoms with Crippen LogP contribution in [0.15, 0.2) is 24.3 Å². The van der Waals surface area contributed by atoms with E-state index in [1.165, 1.54) is 16.4 Å². The van der Waals surface area contributed by atoms with E-state index in [4.69, 9.17) is 4.74 Å². The van der Waals surface area contributed by atoms with Gasteiger partial charge in [0, 0.05) is 21.4 Å². The first kappa shape index (κ1) is 15.1. The first-order valence-electron chi connectivity index (χ1n) is 7.31. The van der Waals surface area contributed by atoms with Crippen LogP contribution in [0.25, 0.3) is 0 Å². The van der Waals surface area contributed by atoms with Crippen molar-refractivity contribution < 1.29 is 4.74 Å². The Morgan fingerprint density at radius 1 is 1.32 bits per heavy atom. The predicted molar refractivity (Wildman–Crippen MR) is 88.7 cm³/mol. The van der Waals surface area contributed by atoms with Crippen LogP contribution in [-0.2, 0) is 0 Å². The highest BCUT2D eigenvalue weighted by atomic mass is 127. The van der Waals surface area contributed by atoms with Crippen molar-refractivity contribution in [3.63, 3.8) is 0 Å². The molecule has 0 aromatic heterocycles. The highest BCUT2D eigenvalue weighted by Crippen LogP contribution is 2.49. The molecule has 2 atom stereocenters. The third-order valence-corrected chi connectivity index (χ3v) is 5.30. The maximum Gasteiger partial charge on any atom is 0.120 e. The zero-order valence-electron chi connectivity index (χ0n) is 12.1. The largest absolute Gasteiger partial charge is 0.490 e. The van der Waals surface area contributed by atoms with Gasteiger partial charge >= 0.3 is 0 Å². The number of rotatable bonds is 6. The van der Waals surface area contributed by atoms with Gasteiger partial charge < -0.3 is 10.1 Å². The molecule has 0 saturated heterocycles. The molecule has 1 saturated carbocycles. The molecule has 2 rings (SSSR count). The second-order valence-corrected chi connectivity index (χ2v) is 6.60. The lowest BCUT2D eigenvalue weighted by Gasteiger charge is -2.55. The fourth-order valence-electron chi connectivity index (χ4n) is 3.35. The first-order chi connectivity index (χ1) is 9.16. The summed E-state index contributed by atoms with van der Waals surface area (Å²) in [4.78, 5) is 0. The minimum absolute atomic E-state index is 0.303. The fourth-order valence-corrected chi connectivity index (χ4v) is 3.86. The van der Waals surface area contributed by atoms with Crippen molar-refractivity contribution in [1.82, 2.24) is 5.32 Å². The third kappa shape index (κ3) is 2.92. The van der Waals surface area contributed by atoms with Gasteiger partial charge in [-0.05, 0) is 60.2 Å². The summed E-state index contributed by atoms with van der Waals surface area (Å²) in [6.07, 6.45) is 3.83. The van der Waals surface area contributed by atoms with Gasteiger partial charge in [-0.3, -0.25) is 0 Å². The van der Waals surface area contributed by atoms with Crippen molar-refractivity contribution in [1.29, 1.82) is 0 Å². The fraction of sp³-hybridized carbons (Fsp3) is 0.625. The van der Waals surface area contributed by atoms with Crippen LogP contribution in [0.1, 0.15) is 40.0 Å². The summed E-state index contributed by atoms with van der Waals surface area (Å²) in [6.45, 7) is 7.81. The summed E-state index contributed by atoms with van der Waals surface area (Å²) in [5.74, 6) is 1.01. The van der Waals surface area contributed by atoms with E-state index in [0.717, 1.165) is 18.7 Å². The Labute approximate surface area is 130 Å². The van der Waals surface area contributed by atoms with Crippen molar-refractivity contribution >= 4 is 22.6 Å². The van der Waals surface area contributed by atoms with Gasteiger partial charge in [-0.25, -0.2) is 0 Å². The molecule has 0 amide bonds. The standard InChI is InChI=1S/C16H24INO/c1-4-16(5-2)14(18-6-3)11-15(16)19-13-9-7-8-12(17)10-13/h7-10,14-15,18H,4-6,11H2,1-3H3. The van der Waals surface area contributed by atoms with Gasteiger partial charge in [-0.1, -0.05) is 26.8 Å². The van der Waals surface area contributed by atoms with Crippen LogP contribution in [0.2, 0.25) is 0 Å². The molecular formula is C16H24INO. The average Bonchev–Trinajstić information content (AvgIpc) is 2.39.